The van der Waals surface area contributed by atoms with Crippen molar-refractivity contribution in [3.8, 4) is 0 Å². The zero-order chi connectivity index (χ0) is 23.2. The Balaban J connectivity index is 1.91. The minimum absolute atomic E-state index is 0.0268. The van der Waals surface area contributed by atoms with Gasteiger partial charge in [0.25, 0.3) is 7.82 Å². The fourth-order valence-corrected chi connectivity index (χ4v) is 4.38. The van der Waals surface area contributed by atoms with Crippen molar-refractivity contribution in [3.63, 3.8) is 0 Å². The molecule has 0 bridgehead atoms. The van der Waals surface area contributed by atoms with Crippen LogP contribution in [0.15, 0.2) is 12.7 Å². The molecule has 1 aliphatic rings. The molecule has 0 spiro atoms. The highest BCUT2D eigenvalue weighted by Gasteiger charge is 2.48. The molecule has 0 amide bonds. The van der Waals surface area contributed by atoms with E-state index in [1.54, 1.807) is 20.8 Å². The number of rotatable bonds is 6. The van der Waals surface area contributed by atoms with E-state index in [1.807, 2.05) is 20.8 Å². The standard InChI is InChI=1S/C18H30N5O7P/c1-17(2,3)27-7-10-13(29-31(25,26)30-18(4,5)6)12(24)16(28-10)23-9-22-11-14(19)20-8-21-15(11)23/h8-10,12-13,16,24H,7H2,1-6H3,(H,25,26)(H2,19,20,21)/p-1/t10-,12+,13?,16-/m1/s1. The van der Waals surface area contributed by atoms with Gasteiger partial charge in [-0.1, -0.05) is 0 Å². The lowest BCUT2D eigenvalue weighted by Crippen LogP contribution is -2.39. The summed E-state index contributed by atoms with van der Waals surface area (Å²) in [6, 6.07) is 0. The van der Waals surface area contributed by atoms with Gasteiger partial charge in [0, 0.05) is 0 Å². The molecule has 31 heavy (non-hydrogen) atoms. The number of aliphatic hydroxyl groups is 1. The van der Waals surface area contributed by atoms with Gasteiger partial charge >= 0.3 is 0 Å². The zero-order valence-electron chi connectivity index (χ0n) is 18.4. The molecule has 0 radical (unpaired) electrons. The highest BCUT2D eigenvalue weighted by atomic mass is 31.2. The van der Waals surface area contributed by atoms with Crippen LogP contribution in [0.5, 0.6) is 0 Å². The molecule has 13 heteroatoms. The normalized spacial score (nSPS) is 27.0. The predicted octanol–water partition coefficient (Wildman–Crippen LogP) is 1.15. The van der Waals surface area contributed by atoms with Gasteiger partial charge < -0.3 is 34.3 Å². The summed E-state index contributed by atoms with van der Waals surface area (Å²) in [5.41, 5.74) is 4.95. The van der Waals surface area contributed by atoms with Gasteiger partial charge in [-0.3, -0.25) is 9.13 Å². The molecule has 0 aliphatic carbocycles. The van der Waals surface area contributed by atoms with Gasteiger partial charge in [0.05, 0.1) is 24.1 Å². The second-order valence-electron chi connectivity index (χ2n) is 9.28. The molecular formula is C18H29N5O7P-. The number of nitrogen functional groups attached to an aromatic ring is 1. The maximum Gasteiger partial charge on any atom is 0.268 e. The van der Waals surface area contributed by atoms with Crippen molar-refractivity contribution in [3.05, 3.63) is 12.7 Å². The Bertz CT molecular complexity index is 970. The molecule has 3 rings (SSSR count). The van der Waals surface area contributed by atoms with E-state index in [1.165, 1.54) is 17.2 Å². The molecule has 12 nitrogen and oxygen atoms in total. The molecule has 2 unspecified atom stereocenters. The number of nitrogens with two attached hydrogens (primary N) is 1. The average molecular weight is 458 g/mol. The maximum atomic E-state index is 12.5. The third kappa shape index (κ3) is 5.78. The number of hydrogen-bond acceptors (Lipinski definition) is 11. The van der Waals surface area contributed by atoms with E-state index in [0.29, 0.717) is 11.2 Å². The molecule has 174 valence electrons. The summed E-state index contributed by atoms with van der Waals surface area (Å²) in [6.07, 6.45) is -2.00. The number of phosphoric ester groups is 1. The van der Waals surface area contributed by atoms with Gasteiger partial charge in [-0.05, 0) is 41.5 Å². The van der Waals surface area contributed by atoms with Gasteiger partial charge in [0.1, 0.15) is 30.2 Å². The Kier molecular flexibility index (Phi) is 6.47. The summed E-state index contributed by atoms with van der Waals surface area (Å²) in [7, 11) is -4.78. The van der Waals surface area contributed by atoms with Crippen LogP contribution in [0.4, 0.5) is 5.82 Å². The SMILES string of the molecule is CC(C)(C)OC[C@H]1O[C@@H](n2cnc3c(N)ncnc32)[C@@H](O)C1OP(=O)([O-])OC(C)(C)C. The minimum atomic E-state index is -4.78. The van der Waals surface area contributed by atoms with Crippen molar-refractivity contribution in [1.29, 1.82) is 0 Å². The average Bonchev–Trinajstić information content (AvgIpc) is 3.13. The Morgan fingerprint density at radius 2 is 1.90 bits per heavy atom. The van der Waals surface area contributed by atoms with Crippen LogP contribution in [0.25, 0.3) is 11.2 Å². The van der Waals surface area contributed by atoms with Crippen LogP contribution in [-0.4, -0.2) is 60.7 Å². The topological polar surface area (TPSA) is 167 Å². The molecule has 2 aromatic heterocycles. The summed E-state index contributed by atoms with van der Waals surface area (Å²) in [5, 5.41) is 11.0. The van der Waals surface area contributed by atoms with Crippen molar-refractivity contribution < 1.29 is 33.1 Å². The Morgan fingerprint density at radius 3 is 2.52 bits per heavy atom. The summed E-state index contributed by atoms with van der Waals surface area (Å²) < 4.78 is 35.9. The lowest BCUT2D eigenvalue weighted by Gasteiger charge is -2.34. The van der Waals surface area contributed by atoms with E-state index in [-0.39, 0.29) is 12.4 Å². The van der Waals surface area contributed by atoms with Crippen LogP contribution in [0.2, 0.25) is 0 Å². The largest absolute Gasteiger partial charge is 0.756 e. The first kappa shape index (κ1) is 24.0. The van der Waals surface area contributed by atoms with Crippen LogP contribution in [0.3, 0.4) is 0 Å². The molecular weight excluding hydrogens is 429 g/mol. The van der Waals surface area contributed by atoms with E-state index in [0.717, 1.165) is 0 Å². The van der Waals surface area contributed by atoms with Gasteiger partial charge in [-0.2, -0.15) is 0 Å². The van der Waals surface area contributed by atoms with E-state index in [9.17, 15) is 14.6 Å². The number of nitrogens with zero attached hydrogens (tertiary/aromatic N) is 4. The number of imidazole rings is 1. The summed E-state index contributed by atoms with van der Waals surface area (Å²) in [4.78, 5) is 24.7. The number of anilines is 1. The molecule has 1 fully saturated rings. The second-order valence-corrected chi connectivity index (χ2v) is 10.6. The van der Waals surface area contributed by atoms with Crippen molar-refractivity contribution in [1.82, 2.24) is 19.5 Å². The number of aliphatic hydroxyl groups excluding tert-OH is 1. The molecule has 1 aliphatic heterocycles. The lowest BCUT2D eigenvalue weighted by atomic mass is 10.1. The molecule has 0 aromatic carbocycles. The lowest BCUT2D eigenvalue weighted by molar-refractivity contribution is -0.242. The zero-order valence-corrected chi connectivity index (χ0v) is 19.3. The quantitative estimate of drug-likeness (QED) is 0.596. The fraction of sp³-hybridized carbons (Fsp3) is 0.722. The first-order valence-electron chi connectivity index (χ1n) is 9.77. The number of hydrogen-bond donors (Lipinski definition) is 2. The van der Waals surface area contributed by atoms with Crippen LogP contribution in [0, 0.1) is 0 Å². The van der Waals surface area contributed by atoms with Crippen LogP contribution in [0.1, 0.15) is 47.8 Å². The van der Waals surface area contributed by atoms with Gasteiger partial charge in [-0.25, -0.2) is 15.0 Å². The van der Waals surface area contributed by atoms with E-state index >= 15 is 0 Å². The summed E-state index contributed by atoms with van der Waals surface area (Å²) in [6.45, 7) is 10.2. The Labute approximate surface area is 180 Å². The first-order valence-corrected chi connectivity index (χ1v) is 11.2. The molecule has 5 atom stereocenters. The summed E-state index contributed by atoms with van der Waals surface area (Å²) >= 11 is 0. The van der Waals surface area contributed by atoms with Crippen molar-refractivity contribution in [2.75, 3.05) is 12.3 Å². The predicted molar refractivity (Wildman–Crippen MR) is 109 cm³/mol. The van der Waals surface area contributed by atoms with Gasteiger partial charge in [0.15, 0.2) is 17.7 Å². The Hall–Kier alpha value is -1.66. The highest BCUT2D eigenvalue weighted by Crippen LogP contribution is 2.48. The molecule has 1 saturated heterocycles. The monoisotopic (exact) mass is 458 g/mol. The third-order valence-electron chi connectivity index (χ3n) is 4.29. The number of ether oxygens (including phenoxy) is 2. The van der Waals surface area contributed by atoms with E-state index in [4.69, 9.17) is 24.3 Å². The van der Waals surface area contributed by atoms with Gasteiger partial charge in [0.2, 0.25) is 0 Å². The van der Waals surface area contributed by atoms with Crippen LogP contribution < -0.4 is 10.6 Å². The third-order valence-corrected chi connectivity index (χ3v) is 5.56. The maximum absolute atomic E-state index is 12.5. The number of fused-ring (bicyclic) bond motifs is 1. The molecule has 0 saturated carbocycles. The number of aromatic nitrogens is 4. The van der Waals surface area contributed by atoms with Crippen molar-refractivity contribution >= 4 is 24.8 Å². The van der Waals surface area contributed by atoms with E-state index in [2.05, 4.69) is 15.0 Å². The number of phosphoric acid groups is 1. The summed E-state index contributed by atoms with van der Waals surface area (Å²) in [5.74, 6) is 0.166. The van der Waals surface area contributed by atoms with Crippen LogP contribution in [-0.2, 0) is 23.1 Å². The van der Waals surface area contributed by atoms with Crippen molar-refractivity contribution in [2.24, 2.45) is 0 Å². The minimum Gasteiger partial charge on any atom is -0.756 e. The second kappa shape index (κ2) is 8.36. The molecule has 3 heterocycles. The van der Waals surface area contributed by atoms with E-state index < -0.39 is 43.6 Å². The van der Waals surface area contributed by atoms with Crippen molar-refractivity contribution in [2.45, 2.75) is 77.3 Å². The van der Waals surface area contributed by atoms with Crippen LogP contribution >= 0.6 is 7.82 Å². The Morgan fingerprint density at radius 1 is 1.23 bits per heavy atom. The molecule has 3 N–H and O–H groups in total. The van der Waals surface area contributed by atoms with Gasteiger partial charge in [-0.15, -0.1) is 0 Å². The fourth-order valence-electron chi connectivity index (χ4n) is 3.11. The highest BCUT2D eigenvalue weighted by molar-refractivity contribution is 7.45. The molecule has 2 aromatic rings. The first-order chi connectivity index (χ1) is 14.2. The smallest absolute Gasteiger partial charge is 0.268 e.